The van der Waals surface area contributed by atoms with Crippen molar-refractivity contribution in [1.82, 2.24) is 10.1 Å². The van der Waals surface area contributed by atoms with E-state index in [1.54, 1.807) is 12.1 Å². The number of phenolic OH excluding ortho intramolecular Hbond substituents is 1. The second-order valence-corrected chi connectivity index (χ2v) is 6.21. The number of nitrogens with two attached hydrogens (primary N) is 1. The first kappa shape index (κ1) is 13.1. The second-order valence-electron chi connectivity index (χ2n) is 6.21. The van der Waals surface area contributed by atoms with Crippen LogP contribution < -0.4 is 5.73 Å². The highest BCUT2D eigenvalue weighted by molar-refractivity contribution is 5.26. The monoisotopic (exact) mass is 273 g/mol. The third kappa shape index (κ3) is 2.54. The lowest BCUT2D eigenvalue weighted by atomic mass is 10.1. The van der Waals surface area contributed by atoms with E-state index in [1.165, 1.54) is 0 Å². The second kappa shape index (κ2) is 4.59. The van der Waals surface area contributed by atoms with E-state index in [-0.39, 0.29) is 17.2 Å². The van der Waals surface area contributed by atoms with Crippen LogP contribution in [0.3, 0.4) is 0 Å². The molecule has 0 amide bonds. The summed E-state index contributed by atoms with van der Waals surface area (Å²) in [5.41, 5.74) is 7.42. The maximum absolute atomic E-state index is 9.26. The smallest absolute Gasteiger partial charge is 0.243 e. The SMILES string of the molecule is CC1(C)CC1c1noc([C@H](N)Cc2ccc(O)cc2)n1. The van der Waals surface area contributed by atoms with Crippen LogP contribution in [0.5, 0.6) is 5.75 Å². The van der Waals surface area contributed by atoms with E-state index >= 15 is 0 Å². The van der Waals surface area contributed by atoms with Gasteiger partial charge in [0, 0.05) is 5.92 Å². The fraction of sp³-hybridized carbons (Fsp3) is 0.467. The highest BCUT2D eigenvalue weighted by Crippen LogP contribution is 2.57. The molecule has 3 N–H and O–H groups in total. The zero-order chi connectivity index (χ0) is 14.3. The summed E-state index contributed by atoms with van der Waals surface area (Å²) in [5.74, 6) is 1.89. The Labute approximate surface area is 117 Å². The molecule has 0 aliphatic heterocycles. The number of hydrogen-bond donors (Lipinski definition) is 2. The number of hydrogen-bond acceptors (Lipinski definition) is 5. The maximum Gasteiger partial charge on any atom is 0.243 e. The first-order valence-corrected chi connectivity index (χ1v) is 6.83. The van der Waals surface area contributed by atoms with Gasteiger partial charge in [-0.05, 0) is 36.0 Å². The van der Waals surface area contributed by atoms with Crippen LogP contribution in [0.2, 0.25) is 0 Å². The number of benzene rings is 1. The molecule has 1 aliphatic carbocycles. The number of phenols is 1. The zero-order valence-corrected chi connectivity index (χ0v) is 11.7. The first-order valence-electron chi connectivity index (χ1n) is 6.83. The predicted octanol–water partition coefficient (Wildman–Crippen LogP) is 2.53. The van der Waals surface area contributed by atoms with Gasteiger partial charge >= 0.3 is 0 Å². The molecule has 20 heavy (non-hydrogen) atoms. The Morgan fingerprint density at radius 1 is 1.40 bits per heavy atom. The molecule has 0 bridgehead atoms. The Hall–Kier alpha value is -1.88. The molecule has 0 spiro atoms. The van der Waals surface area contributed by atoms with Gasteiger partial charge in [0.05, 0.1) is 6.04 Å². The summed E-state index contributed by atoms with van der Waals surface area (Å²) in [7, 11) is 0. The standard InChI is InChI=1S/C15H19N3O2/c1-15(2)8-11(15)13-17-14(20-18-13)12(16)7-9-3-5-10(19)6-4-9/h3-6,11-12,19H,7-8,16H2,1-2H3/t11?,12-/m1/s1. The minimum absolute atomic E-state index is 0.248. The third-order valence-corrected chi connectivity index (χ3v) is 3.99. The Bertz CT molecular complexity index is 604. The van der Waals surface area contributed by atoms with Gasteiger partial charge in [0.15, 0.2) is 5.82 Å². The van der Waals surface area contributed by atoms with E-state index < -0.39 is 0 Å². The van der Waals surface area contributed by atoms with Crippen molar-refractivity contribution in [1.29, 1.82) is 0 Å². The topological polar surface area (TPSA) is 85.2 Å². The van der Waals surface area contributed by atoms with Gasteiger partial charge in [-0.2, -0.15) is 4.98 Å². The summed E-state index contributed by atoms with van der Waals surface area (Å²) in [6.45, 7) is 4.40. The van der Waals surface area contributed by atoms with E-state index in [2.05, 4.69) is 24.0 Å². The Morgan fingerprint density at radius 2 is 2.05 bits per heavy atom. The third-order valence-electron chi connectivity index (χ3n) is 3.99. The molecule has 0 radical (unpaired) electrons. The van der Waals surface area contributed by atoms with E-state index in [1.807, 2.05) is 12.1 Å². The maximum atomic E-state index is 9.26. The predicted molar refractivity (Wildman–Crippen MR) is 74.2 cm³/mol. The lowest BCUT2D eigenvalue weighted by molar-refractivity contribution is 0.349. The number of aromatic nitrogens is 2. The van der Waals surface area contributed by atoms with Gasteiger partial charge in [0.25, 0.3) is 0 Å². The van der Waals surface area contributed by atoms with Crippen molar-refractivity contribution in [3.63, 3.8) is 0 Å². The quantitative estimate of drug-likeness (QED) is 0.894. The van der Waals surface area contributed by atoms with Gasteiger partial charge in [-0.25, -0.2) is 0 Å². The summed E-state index contributed by atoms with van der Waals surface area (Å²) in [6.07, 6.45) is 1.70. The molecule has 1 aliphatic rings. The van der Waals surface area contributed by atoms with Gasteiger partial charge in [-0.15, -0.1) is 0 Å². The summed E-state index contributed by atoms with van der Waals surface area (Å²) in [5, 5.41) is 13.3. The van der Waals surface area contributed by atoms with Crippen molar-refractivity contribution < 1.29 is 9.63 Å². The van der Waals surface area contributed by atoms with Crippen molar-refractivity contribution in [3.05, 3.63) is 41.5 Å². The average molecular weight is 273 g/mol. The average Bonchev–Trinajstić information content (AvgIpc) is 2.86. The van der Waals surface area contributed by atoms with Gasteiger partial charge in [-0.3, -0.25) is 0 Å². The molecule has 1 unspecified atom stereocenters. The fourth-order valence-electron chi connectivity index (χ4n) is 2.42. The van der Waals surface area contributed by atoms with Gasteiger partial charge < -0.3 is 15.4 Å². The summed E-state index contributed by atoms with van der Waals surface area (Å²) >= 11 is 0. The fourth-order valence-corrected chi connectivity index (χ4v) is 2.42. The number of aromatic hydroxyl groups is 1. The normalized spacial score (nSPS) is 21.6. The molecule has 1 aromatic heterocycles. The molecule has 5 heteroatoms. The van der Waals surface area contributed by atoms with Crippen LogP contribution in [-0.4, -0.2) is 15.2 Å². The highest BCUT2D eigenvalue weighted by Gasteiger charge is 2.49. The lowest BCUT2D eigenvalue weighted by Gasteiger charge is -2.06. The molecule has 1 aromatic carbocycles. The minimum atomic E-state index is -0.317. The van der Waals surface area contributed by atoms with E-state index in [9.17, 15) is 5.11 Å². The molecule has 106 valence electrons. The highest BCUT2D eigenvalue weighted by atomic mass is 16.5. The van der Waals surface area contributed by atoms with Gasteiger partial charge in [-0.1, -0.05) is 31.1 Å². The minimum Gasteiger partial charge on any atom is -0.508 e. The molecule has 1 fully saturated rings. The summed E-state index contributed by atoms with van der Waals surface area (Å²) < 4.78 is 5.28. The molecule has 5 nitrogen and oxygen atoms in total. The Balaban J connectivity index is 1.68. The summed E-state index contributed by atoms with van der Waals surface area (Å²) in [6, 6.07) is 6.66. The zero-order valence-electron chi connectivity index (χ0n) is 11.7. The summed E-state index contributed by atoms with van der Waals surface area (Å²) in [4.78, 5) is 4.43. The van der Waals surface area contributed by atoms with Crippen LogP contribution in [-0.2, 0) is 6.42 Å². The number of rotatable bonds is 4. The van der Waals surface area contributed by atoms with Crippen molar-refractivity contribution in [2.24, 2.45) is 11.1 Å². The molecule has 2 atom stereocenters. The van der Waals surface area contributed by atoms with Crippen LogP contribution in [0.1, 0.15) is 49.5 Å². The van der Waals surface area contributed by atoms with Crippen molar-refractivity contribution in [2.75, 3.05) is 0 Å². The van der Waals surface area contributed by atoms with Gasteiger partial charge in [0.1, 0.15) is 5.75 Å². The van der Waals surface area contributed by atoms with Crippen molar-refractivity contribution in [3.8, 4) is 5.75 Å². The molecule has 1 saturated carbocycles. The van der Waals surface area contributed by atoms with Crippen LogP contribution in [0.15, 0.2) is 28.8 Å². The molecule has 3 rings (SSSR count). The Morgan fingerprint density at radius 3 is 2.65 bits per heavy atom. The van der Waals surface area contributed by atoms with Crippen LogP contribution in [0.25, 0.3) is 0 Å². The van der Waals surface area contributed by atoms with Crippen molar-refractivity contribution in [2.45, 2.75) is 38.6 Å². The van der Waals surface area contributed by atoms with E-state index in [0.29, 0.717) is 18.2 Å². The molecular formula is C15H19N3O2. The first-order chi connectivity index (χ1) is 9.45. The molecule has 2 aromatic rings. The van der Waals surface area contributed by atoms with Crippen LogP contribution in [0.4, 0.5) is 0 Å². The molecular weight excluding hydrogens is 254 g/mol. The molecule has 1 heterocycles. The molecule has 0 saturated heterocycles. The largest absolute Gasteiger partial charge is 0.508 e. The van der Waals surface area contributed by atoms with E-state index in [4.69, 9.17) is 10.3 Å². The number of nitrogens with zero attached hydrogens (tertiary/aromatic N) is 2. The van der Waals surface area contributed by atoms with Crippen LogP contribution >= 0.6 is 0 Å². The van der Waals surface area contributed by atoms with E-state index in [0.717, 1.165) is 17.8 Å². The van der Waals surface area contributed by atoms with Crippen molar-refractivity contribution >= 4 is 0 Å². The lowest BCUT2D eigenvalue weighted by Crippen LogP contribution is -2.13. The van der Waals surface area contributed by atoms with Crippen LogP contribution in [0, 0.1) is 5.41 Å². The Kier molecular flexibility index (Phi) is 3.01. The van der Waals surface area contributed by atoms with Gasteiger partial charge in [0.2, 0.25) is 5.89 Å².